The SMILES string of the molecule is C=C(Cl)CNc1ccc(N)cc1C(F)(F)F. The molecule has 1 aromatic carbocycles. The third-order valence-electron chi connectivity index (χ3n) is 1.82. The maximum absolute atomic E-state index is 12.6. The first-order valence-corrected chi connectivity index (χ1v) is 4.72. The summed E-state index contributed by atoms with van der Waals surface area (Å²) in [4.78, 5) is 0. The zero-order valence-electron chi connectivity index (χ0n) is 8.24. The molecule has 0 atom stereocenters. The number of alkyl halides is 3. The first kappa shape index (κ1) is 12.7. The number of anilines is 2. The van der Waals surface area contributed by atoms with Gasteiger partial charge < -0.3 is 11.1 Å². The fraction of sp³-hybridized carbons (Fsp3) is 0.200. The maximum atomic E-state index is 12.6. The van der Waals surface area contributed by atoms with Crippen molar-refractivity contribution in [3.8, 4) is 0 Å². The van der Waals surface area contributed by atoms with E-state index in [1.54, 1.807) is 0 Å². The van der Waals surface area contributed by atoms with E-state index in [2.05, 4.69) is 11.9 Å². The zero-order valence-corrected chi connectivity index (χ0v) is 8.99. The van der Waals surface area contributed by atoms with Crippen LogP contribution in [-0.2, 0) is 6.18 Å². The van der Waals surface area contributed by atoms with Crippen LogP contribution in [0.5, 0.6) is 0 Å². The molecule has 0 aromatic heterocycles. The van der Waals surface area contributed by atoms with E-state index in [-0.39, 0.29) is 23.0 Å². The summed E-state index contributed by atoms with van der Waals surface area (Å²) in [5, 5.41) is 2.77. The summed E-state index contributed by atoms with van der Waals surface area (Å²) in [7, 11) is 0. The van der Waals surface area contributed by atoms with Crippen molar-refractivity contribution in [2.24, 2.45) is 0 Å². The molecule has 0 saturated heterocycles. The van der Waals surface area contributed by atoms with E-state index in [1.165, 1.54) is 12.1 Å². The number of hydrogen-bond donors (Lipinski definition) is 2. The van der Waals surface area contributed by atoms with Crippen molar-refractivity contribution in [3.63, 3.8) is 0 Å². The van der Waals surface area contributed by atoms with Gasteiger partial charge in [0.05, 0.1) is 12.1 Å². The highest BCUT2D eigenvalue weighted by Crippen LogP contribution is 2.36. The van der Waals surface area contributed by atoms with Crippen molar-refractivity contribution in [2.45, 2.75) is 6.18 Å². The minimum absolute atomic E-state index is 0.0579. The molecule has 0 aliphatic carbocycles. The molecule has 1 aromatic rings. The van der Waals surface area contributed by atoms with Crippen molar-refractivity contribution in [1.29, 1.82) is 0 Å². The van der Waals surface area contributed by atoms with Gasteiger partial charge in [-0.1, -0.05) is 18.2 Å². The molecule has 6 heteroatoms. The van der Waals surface area contributed by atoms with Crippen molar-refractivity contribution in [2.75, 3.05) is 17.6 Å². The molecule has 0 spiro atoms. The first-order valence-electron chi connectivity index (χ1n) is 4.34. The van der Waals surface area contributed by atoms with Gasteiger partial charge in [-0.3, -0.25) is 0 Å². The zero-order chi connectivity index (χ0) is 12.3. The first-order chi connectivity index (χ1) is 7.30. The Balaban J connectivity index is 3.03. The number of halogens is 4. The minimum atomic E-state index is -4.45. The summed E-state index contributed by atoms with van der Waals surface area (Å²) in [6, 6.07) is 3.52. The summed E-state index contributed by atoms with van der Waals surface area (Å²) < 4.78 is 37.8. The number of nitrogens with two attached hydrogens (primary N) is 1. The average Bonchev–Trinajstić information content (AvgIpc) is 2.14. The topological polar surface area (TPSA) is 38.0 Å². The van der Waals surface area contributed by atoms with E-state index < -0.39 is 11.7 Å². The Bertz CT molecular complexity index is 402. The summed E-state index contributed by atoms with van der Waals surface area (Å²) in [6.45, 7) is 3.44. The second kappa shape index (κ2) is 4.65. The monoisotopic (exact) mass is 250 g/mol. The van der Waals surface area contributed by atoms with E-state index in [1.807, 2.05) is 0 Å². The van der Waals surface area contributed by atoms with Crippen LogP contribution in [0.15, 0.2) is 29.8 Å². The lowest BCUT2D eigenvalue weighted by atomic mass is 10.1. The van der Waals surface area contributed by atoms with Crippen LogP contribution in [0.2, 0.25) is 0 Å². The van der Waals surface area contributed by atoms with Crippen molar-refractivity contribution in [3.05, 3.63) is 35.4 Å². The van der Waals surface area contributed by atoms with Gasteiger partial charge in [0.1, 0.15) is 0 Å². The molecule has 2 nitrogen and oxygen atoms in total. The third kappa shape index (κ3) is 3.34. The molecule has 0 fully saturated rings. The molecular weight excluding hydrogens is 241 g/mol. The lowest BCUT2D eigenvalue weighted by Gasteiger charge is -2.14. The van der Waals surface area contributed by atoms with E-state index in [4.69, 9.17) is 17.3 Å². The van der Waals surface area contributed by atoms with Crippen LogP contribution in [-0.4, -0.2) is 6.54 Å². The van der Waals surface area contributed by atoms with Crippen LogP contribution in [0.25, 0.3) is 0 Å². The number of nitrogens with one attached hydrogen (secondary N) is 1. The Morgan fingerprint density at radius 1 is 1.44 bits per heavy atom. The van der Waals surface area contributed by atoms with Crippen LogP contribution in [0.4, 0.5) is 24.5 Å². The molecule has 16 heavy (non-hydrogen) atoms. The highest BCUT2D eigenvalue weighted by molar-refractivity contribution is 6.29. The summed E-state index contributed by atoms with van der Waals surface area (Å²) >= 11 is 5.46. The standard InChI is InChI=1S/C10H10ClF3N2/c1-6(11)5-16-9-3-2-7(15)4-8(9)10(12,13)14/h2-4,16H,1,5,15H2. The summed E-state index contributed by atoms with van der Waals surface area (Å²) in [6.07, 6.45) is -4.45. The fourth-order valence-electron chi connectivity index (χ4n) is 1.14. The Morgan fingerprint density at radius 3 is 2.56 bits per heavy atom. The van der Waals surface area contributed by atoms with E-state index in [0.29, 0.717) is 0 Å². The average molecular weight is 251 g/mol. The molecule has 0 aliphatic rings. The largest absolute Gasteiger partial charge is 0.418 e. The van der Waals surface area contributed by atoms with E-state index >= 15 is 0 Å². The molecule has 0 unspecified atom stereocenters. The maximum Gasteiger partial charge on any atom is 0.418 e. The molecule has 0 saturated carbocycles. The Kier molecular flexibility index (Phi) is 3.70. The van der Waals surface area contributed by atoms with Crippen LogP contribution >= 0.6 is 11.6 Å². The minimum Gasteiger partial charge on any atom is -0.399 e. The second-order valence-electron chi connectivity index (χ2n) is 3.17. The van der Waals surface area contributed by atoms with Crippen LogP contribution in [0, 0.1) is 0 Å². The van der Waals surface area contributed by atoms with Gasteiger partial charge in [0.15, 0.2) is 0 Å². The van der Waals surface area contributed by atoms with E-state index in [9.17, 15) is 13.2 Å². The summed E-state index contributed by atoms with van der Waals surface area (Å²) in [5.74, 6) is 0. The molecule has 88 valence electrons. The predicted molar refractivity (Wildman–Crippen MR) is 59.3 cm³/mol. The molecule has 0 radical (unpaired) electrons. The Hall–Kier alpha value is -1.36. The van der Waals surface area contributed by atoms with Gasteiger partial charge in [-0.2, -0.15) is 13.2 Å². The Labute approximate surface area is 95.9 Å². The van der Waals surface area contributed by atoms with Crippen molar-refractivity contribution >= 4 is 23.0 Å². The molecule has 1 rings (SSSR count). The highest BCUT2D eigenvalue weighted by Gasteiger charge is 2.33. The van der Waals surface area contributed by atoms with Crippen LogP contribution < -0.4 is 11.1 Å². The molecular formula is C10H10ClF3N2. The number of benzene rings is 1. The summed E-state index contributed by atoms with van der Waals surface area (Å²) in [5.41, 5.74) is 4.49. The van der Waals surface area contributed by atoms with Gasteiger partial charge in [-0.15, -0.1) is 0 Å². The molecule has 0 bridgehead atoms. The van der Waals surface area contributed by atoms with Crippen molar-refractivity contribution < 1.29 is 13.2 Å². The quantitative estimate of drug-likeness (QED) is 0.807. The van der Waals surface area contributed by atoms with Gasteiger partial charge in [-0.25, -0.2) is 0 Å². The Morgan fingerprint density at radius 2 is 2.06 bits per heavy atom. The van der Waals surface area contributed by atoms with Gasteiger partial charge in [0.25, 0.3) is 0 Å². The molecule has 0 amide bonds. The van der Waals surface area contributed by atoms with Gasteiger partial charge in [-0.05, 0) is 18.2 Å². The number of rotatable bonds is 3. The number of hydrogen-bond acceptors (Lipinski definition) is 2. The molecule has 0 heterocycles. The van der Waals surface area contributed by atoms with E-state index in [0.717, 1.165) is 6.07 Å². The highest BCUT2D eigenvalue weighted by atomic mass is 35.5. The second-order valence-corrected chi connectivity index (χ2v) is 3.71. The third-order valence-corrected chi connectivity index (χ3v) is 1.95. The number of nitrogen functional groups attached to an aromatic ring is 1. The fourth-order valence-corrected chi connectivity index (χ4v) is 1.21. The smallest absolute Gasteiger partial charge is 0.399 e. The lowest BCUT2D eigenvalue weighted by molar-refractivity contribution is -0.136. The molecule has 3 N–H and O–H groups in total. The predicted octanol–water partition coefficient (Wildman–Crippen LogP) is 3.45. The molecule has 0 aliphatic heterocycles. The lowest BCUT2D eigenvalue weighted by Crippen LogP contribution is -2.12. The van der Waals surface area contributed by atoms with Crippen LogP contribution in [0.3, 0.4) is 0 Å². The van der Waals surface area contributed by atoms with Crippen molar-refractivity contribution in [1.82, 2.24) is 0 Å². The normalized spacial score (nSPS) is 11.2. The van der Waals surface area contributed by atoms with Gasteiger partial charge in [0, 0.05) is 16.4 Å². The van der Waals surface area contributed by atoms with Gasteiger partial charge in [0.2, 0.25) is 0 Å². The van der Waals surface area contributed by atoms with Crippen LogP contribution in [0.1, 0.15) is 5.56 Å². The van der Waals surface area contributed by atoms with Gasteiger partial charge >= 0.3 is 6.18 Å².